The summed E-state index contributed by atoms with van der Waals surface area (Å²) in [5, 5.41) is 10.4. The molecule has 3 N–H and O–H groups in total. The summed E-state index contributed by atoms with van der Waals surface area (Å²) in [7, 11) is -4.62. The highest BCUT2D eigenvalue weighted by Gasteiger charge is 2.26. The highest BCUT2D eigenvalue weighted by atomic mass is 32.2. The van der Waals surface area contributed by atoms with Gasteiger partial charge in [-0.1, -0.05) is 6.07 Å². The summed E-state index contributed by atoms with van der Waals surface area (Å²) in [4.78, 5) is 8.68. The zero-order valence-electron chi connectivity index (χ0n) is 6.75. The van der Waals surface area contributed by atoms with Crippen molar-refractivity contribution in [1.29, 1.82) is 0 Å². The lowest BCUT2D eigenvalue weighted by Gasteiger charge is -2.01. The van der Waals surface area contributed by atoms with Crippen molar-refractivity contribution in [2.45, 2.75) is 4.90 Å². The molecule has 0 saturated carbocycles. The van der Waals surface area contributed by atoms with E-state index in [-0.39, 0.29) is 5.69 Å². The van der Waals surface area contributed by atoms with Crippen molar-refractivity contribution in [1.82, 2.24) is 0 Å². The molecule has 0 bridgehead atoms. The number of benzene rings is 1. The Hall–Kier alpha value is -1.67. The first-order valence-electron chi connectivity index (χ1n) is 3.34. The summed E-state index contributed by atoms with van der Waals surface area (Å²) >= 11 is 0. The summed E-state index contributed by atoms with van der Waals surface area (Å²) in [5.74, 6) is 0. The molecule has 0 radical (unpaired) electrons. The highest BCUT2D eigenvalue weighted by molar-refractivity contribution is 7.86. The lowest BCUT2D eigenvalue weighted by Crippen LogP contribution is -2.05. The van der Waals surface area contributed by atoms with E-state index >= 15 is 0 Å². The van der Waals surface area contributed by atoms with E-state index in [4.69, 9.17) is 10.3 Å². The molecule has 7 nitrogen and oxygen atoms in total. The van der Waals surface area contributed by atoms with Gasteiger partial charge in [-0.25, -0.2) is 0 Å². The van der Waals surface area contributed by atoms with E-state index in [1.165, 1.54) is 12.1 Å². The number of nitrogen functional groups attached to an aromatic ring is 1. The quantitative estimate of drug-likeness (QED) is 0.321. The van der Waals surface area contributed by atoms with Gasteiger partial charge in [0.25, 0.3) is 0 Å². The second kappa shape index (κ2) is 3.24. The van der Waals surface area contributed by atoms with Gasteiger partial charge in [-0.3, -0.25) is 14.7 Å². The topological polar surface area (TPSA) is 124 Å². The molecule has 1 rings (SSSR count). The summed E-state index contributed by atoms with van der Waals surface area (Å²) < 4.78 is 30.1. The Labute approximate surface area is 79.1 Å². The molecular weight excluding hydrogens is 212 g/mol. The molecule has 0 aliphatic heterocycles. The highest BCUT2D eigenvalue weighted by Crippen LogP contribution is 2.29. The summed E-state index contributed by atoms with van der Waals surface area (Å²) in [5.41, 5.74) is 4.08. The second-order valence-corrected chi connectivity index (χ2v) is 3.82. The third-order valence-electron chi connectivity index (χ3n) is 1.49. The number of nitro benzene ring substituents is 1. The second-order valence-electron chi connectivity index (χ2n) is 2.43. The third-order valence-corrected chi connectivity index (χ3v) is 2.38. The third kappa shape index (κ3) is 1.80. The summed E-state index contributed by atoms with van der Waals surface area (Å²) in [6, 6.07) is 3.28. The van der Waals surface area contributed by atoms with Crippen molar-refractivity contribution in [2.24, 2.45) is 0 Å². The molecule has 0 spiro atoms. The normalized spacial score (nSPS) is 11.2. The Balaban J connectivity index is 3.61. The van der Waals surface area contributed by atoms with Gasteiger partial charge in [0.05, 0.1) is 4.92 Å². The van der Waals surface area contributed by atoms with E-state index in [0.29, 0.717) is 0 Å². The molecule has 1 aromatic rings. The molecule has 0 amide bonds. The fraction of sp³-hybridized carbons (Fsp3) is 0. The Bertz CT molecular complexity index is 481. The van der Waals surface area contributed by atoms with Gasteiger partial charge < -0.3 is 5.73 Å². The fourth-order valence-electron chi connectivity index (χ4n) is 0.943. The lowest BCUT2D eigenvalue weighted by molar-refractivity contribution is -0.386. The van der Waals surface area contributed by atoms with Gasteiger partial charge in [0, 0.05) is 0 Å². The molecule has 8 heteroatoms. The van der Waals surface area contributed by atoms with Crippen LogP contribution >= 0.6 is 0 Å². The molecule has 0 fully saturated rings. The molecule has 76 valence electrons. The lowest BCUT2D eigenvalue weighted by atomic mass is 10.3. The maximum Gasteiger partial charge on any atom is 0.313 e. The van der Waals surface area contributed by atoms with Crippen molar-refractivity contribution in [3.8, 4) is 0 Å². The minimum atomic E-state index is -4.62. The number of nitrogens with zero attached hydrogens (tertiary/aromatic N) is 1. The van der Waals surface area contributed by atoms with Gasteiger partial charge >= 0.3 is 15.8 Å². The van der Waals surface area contributed by atoms with Gasteiger partial charge in [0.1, 0.15) is 5.69 Å². The molecule has 0 heterocycles. The molecule has 0 aliphatic rings. The molecule has 0 atom stereocenters. The van der Waals surface area contributed by atoms with Crippen LogP contribution in [0.15, 0.2) is 23.1 Å². The van der Waals surface area contributed by atoms with Gasteiger partial charge in [0.15, 0.2) is 4.90 Å². The van der Waals surface area contributed by atoms with Crippen molar-refractivity contribution < 1.29 is 17.9 Å². The van der Waals surface area contributed by atoms with Gasteiger partial charge in [-0.05, 0) is 12.1 Å². The zero-order chi connectivity index (χ0) is 10.9. The van der Waals surface area contributed by atoms with Crippen LogP contribution in [-0.4, -0.2) is 17.9 Å². The van der Waals surface area contributed by atoms with Crippen LogP contribution in [0, 0.1) is 10.1 Å². The molecule has 1 aromatic carbocycles. The van der Waals surface area contributed by atoms with E-state index in [0.717, 1.165) is 6.07 Å². The molecule has 0 aromatic heterocycles. The Morgan fingerprint density at radius 2 is 2.00 bits per heavy atom. The summed E-state index contributed by atoms with van der Waals surface area (Å²) in [6.07, 6.45) is 0. The SMILES string of the molecule is Nc1cccc(S(=O)(=O)O)c1[N+](=O)[O-]. The Morgan fingerprint density at radius 3 is 2.36 bits per heavy atom. The van der Waals surface area contributed by atoms with Crippen LogP contribution in [-0.2, 0) is 10.1 Å². The number of rotatable bonds is 2. The van der Waals surface area contributed by atoms with Crippen molar-refractivity contribution in [3.63, 3.8) is 0 Å². The monoisotopic (exact) mass is 218 g/mol. The van der Waals surface area contributed by atoms with Crippen molar-refractivity contribution in [2.75, 3.05) is 5.73 Å². The van der Waals surface area contributed by atoms with E-state index in [1.807, 2.05) is 0 Å². The molecule has 0 saturated heterocycles. The summed E-state index contributed by atoms with van der Waals surface area (Å²) in [6.45, 7) is 0. The van der Waals surface area contributed by atoms with E-state index in [9.17, 15) is 18.5 Å². The van der Waals surface area contributed by atoms with Crippen LogP contribution in [0.3, 0.4) is 0 Å². The number of hydrogen-bond donors (Lipinski definition) is 2. The molecule has 14 heavy (non-hydrogen) atoms. The predicted octanol–water partition coefficient (Wildman–Crippen LogP) is 0.424. The van der Waals surface area contributed by atoms with E-state index < -0.39 is 25.6 Å². The van der Waals surface area contributed by atoms with Gasteiger partial charge in [0.2, 0.25) is 0 Å². The first-order valence-corrected chi connectivity index (χ1v) is 4.78. The van der Waals surface area contributed by atoms with Gasteiger partial charge in [-0.2, -0.15) is 8.42 Å². The molecule has 0 unspecified atom stereocenters. The van der Waals surface area contributed by atoms with E-state index in [1.54, 1.807) is 0 Å². The minimum absolute atomic E-state index is 0.315. The average molecular weight is 218 g/mol. The number of anilines is 1. The number of nitrogens with two attached hydrogens (primary N) is 1. The molecular formula is C6H6N2O5S. The first-order chi connectivity index (χ1) is 6.34. The maximum atomic E-state index is 10.7. The fourth-order valence-corrected chi connectivity index (χ4v) is 1.63. The zero-order valence-corrected chi connectivity index (χ0v) is 7.56. The van der Waals surface area contributed by atoms with Crippen LogP contribution in [0.4, 0.5) is 11.4 Å². The van der Waals surface area contributed by atoms with Crippen molar-refractivity contribution in [3.05, 3.63) is 28.3 Å². The first kappa shape index (κ1) is 10.4. The van der Waals surface area contributed by atoms with Crippen LogP contribution in [0.1, 0.15) is 0 Å². The van der Waals surface area contributed by atoms with Crippen LogP contribution in [0.25, 0.3) is 0 Å². The molecule has 0 aliphatic carbocycles. The van der Waals surface area contributed by atoms with E-state index in [2.05, 4.69) is 0 Å². The number of hydrogen-bond acceptors (Lipinski definition) is 5. The van der Waals surface area contributed by atoms with Gasteiger partial charge in [-0.15, -0.1) is 0 Å². The van der Waals surface area contributed by atoms with Crippen LogP contribution in [0.2, 0.25) is 0 Å². The average Bonchev–Trinajstić information content (AvgIpc) is 2.01. The Kier molecular flexibility index (Phi) is 2.41. The largest absolute Gasteiger partial charge is 0.393 e. The maximum absolute atomic E-state index is 10.7. The number of nitro groups is 1. The number of para-hydroxylation sites is 1. The van der Waals surface area contributed by atoms with Crippen LogP contribution < -0.4 is 5.73 Å². The Morgan fingerprint density at radius 1 is 1.43 bits per heavy atom. The minimum Gasteiger partial charge on any atom is -0.393 e. The smallest absolute Gasteiger partial charge is 0.313 e. The van der Waals surface area contributed by atoms with Crippen LogP contribution in [0.5, 0.6) is 0 Å². The predicted molar refractivity (Wildman–Crippen MR) is 47.3 cm³/mol. The standard InChI is InChI=1S/C6H6N2O5S/c7-4-2-1-3-5(14(11,12)13)6(4)8(9)10/h1-3H,7H2,(H,11,12,13). The van der Waals surface area contributed by atoms with Crippen molar-refractivity contribution >= 4 is 21.5 Å².